The number of amides is 2. The number of carbonyl (C=O) groups excluding carboxylic acids is 1. The van der Waals surface area contributed by atoms with E-state index in [9.17, 15) is 9.18 Å². The van der Waals surface area contributed by atoms with Gasteiger partial charge in [-0.2, -0.15) is 0 Å². The number of nitrogens with zero attached hydrogens (tertiary/aromatic N) is 1. The van der Waals surface area contributed by atoms with Crippen molar-refractivity contribution in [2.45, 2.75) is 45.2 Å². The number of hydrogen-bond acceptors (Lipinski definition) is 2. The first-order valence-corrected chi connectivity index (χ1v) is 8.18. The summed E-state index contributed by atoms with van der Waals surface area (Å²) in [6.45, 7) is 5.60. The van der Waals surface area contributed by atoms with E-state index in [1.807, 2.05) is 12.1 Å². The average molecular weight is 307 g/mol. The Morgan fingerprint density at radius 2 is 1.95 bits per heavy atom. The second kappa shape index (κ2) is 8.73. The van der Waals surface area contributed by atoms with E-state index in [-0.39, 0.29) is 17.9 Å². The Balaban J connectivity index is 1.67. The highest BCUT2D eigenvalue weighted by Gasteiger charge is 2.20. The van der Waals surface area contributed by atoms with Crippen LogP contribution in [0.25, 0.3) is 0 Å². The van der Waals surface area contributed by atoms with Crippen molar-refractivity contribution in [1.29, 1.82) is 0 Å². The summed E-state index contributed by atoms with van der Waals surface area (Å²) in [5.41, 5.74) is 1.13. The van der Waals surface area contributed by atoms with Gasteiger partial charge in [-0.3, -0.25) is 4.90 Å². The molecular weight excluding hydrogens is 281 g/mol. The fourth-order valence-corrected chi connectivity index (χ4v) is 2.70. The van der Waals surface area contributed by atoms with Crippen molar-refractivity contribution in [3.05, 3.63) is 35.6 Å². The first-order chi connectivity index (χ1) is 10.7. The van der Waals surface area contributed by atoms with E-state index in [2.05, 4.69) is 22.5 Å². The molecule has 0 saturated carbocycles. The lowest BCUT2D eigenvalue weighted by Crippen LogP contribution is -2.47. The van der Waals surface area contributed by atoms with Crippen LogP contribution in [0, 0.1) is 5.82 Å². The summed E-state index contributed by atoms with van der Waals surface area (Å²) < 4.78 is 12.9. The number of benzene rings is 1. The standard InChI is InChI=1S/C17H26FN3O/c1-2-3-10-19-17(22)20-16-8-11-21(12-9-16)13-14-4-6-15(18)7-5-14/h4-7,16H,2-3,8-13H2,1H3,(H2,19,20,22). The molecule has 22 heavy (non-hydrogen) atoms. The van der Waals surface area contributed by atoms with Crippen molar-refractivity contribution >= 4 is 6.03 Å². The molecule has 1 heterocycles. The van der Waals surface area contributed by atoms with Gasteiger partial charge in [0.2, 0.25) is 0 Å². The molecule has 1 aromatic carbocycles. The van der Waals surface area contributed by atoms with Gasteiger partial charge in [0.15, 0.2) is 0 Å². The number of nitrogens with one attached hydrogen (secondary N) is 2. The second-order valence-corrected chi connectivity index (χ2v) is 5.93. The first-order valence-electron chi connectivity index (χ1n) is 8.18. The van der Waals surface area contributed by atoms with Gasteiger partial charge in [0.25, 0.3) is 0 Å². The minimum Gasteiger partial charge on any atom is -0.338 e. The number of carbonyl (C=O) groups is 1. The van der Waals surface area contributed by atoms with Crippen molar-refractivity contribution < 1.29 is 9.18 Å². The van der Waals surface area contributed by atoms with Gasteiger partial charge in [-0.1, -0.05) is 25.5 Å². The maximum Gasteiger partial charge on any atom is 0.315 e. The second-order valence-electron chi connectivity index (χ2n) is 5.93. The molecule has 1 saturated heterocycles. The predicted octanol–water partition coefficient (Wildman–Crippen LogP) is 2.89. The fourth-order valence-electron chi connectivity index (χ4n) is 2.70. The number of piperidine rings is 1. The highest BCUT2D eigenvalue weighted by atomic mass is 19.1. The number of unbranched alkanes of at least 4 members (excludes halogenated alkanes) is 1. The Hall–Kier alpha value is -1.62. The number of halogens is 1. The molecule has 2 rings (SSSR count). The fraction of sp³-hybridized carbons (Fsp3) is 0.588. The van der Waals surface area contributed by atoms with Crippen LogP contribution in [0.15, 0.2) is 24.3 Å². The molecule has 0 bridgehead atoms. The normalized spacial score (nSPS) is 16.5. The van der Waals surface area contributed by atoms with Gasteiger partial charge in [0.05, 0.1) is 0 Å². The van der Waals surface area contributed by atoms with Crippen LogP contribution < -0.4 is 10.6 Å². The van der Waals surface area contributed by atoms with E-state index in [0.29, 0.717) is 0 Å². The zero-order valence-electron chi connectivity index (χ0n) is 13.3. The summed E-state index contributed by atoms with van der Waals surface area (Å²) in [6, 6.07) is 6.88. The van der Waals surface area contributed by atoms with E-state index in [1.165, 1.54) is 12.1 Å². The Morgan fingerprint density at radius 3 is 2.59 bits per heavy atom. The molecule has 0 spiro atoms. The predicted molar refractivity (Wildman–Crippen MR) is 86.1 cm³/mol. The van der Waals surface area contributed by atoms with E-state index in [4.69, 9.17) is 0 Å². The highest BCUT2D eigenvalue weighted by Crippen LogP contribution is 2.14. The van der Waals surface area contributed by atoms with Gasteiger partial charge in [0, 0.05) is 32.2 Å². The van der Waals surface area contributed by atoms with Gasteiger partial charge in [0.1, 0.15) is 5.82 Å². The minimum atomic E-state index is -0.194. The van der Waals surface area contributed by atoms with Crippen LogP contribution in [0.5, 0.6) is 0 Å². The first kappa shape index (κ1) is 16.7. The Morgan fingerprint density at radius 1 is 1.27 bits per heavy atom. The summed E-state index contributed by atoms with van der Waals surface area (Å²) in [7, 11) is 0. The molecule has 5 heteroatoms. The van der Waals surface area contributed by atoms with Crippen molar-refractivity contribution in [3.8, 4) is 0 Å². The summed E-state index contributed by atoms with van der Waals surface area (Å²) in [5.74, 6) is -0.194. The number of likely N-dealkylation sites (tertiary alicyclic amines) is 1. The molecule has 4 nitrogen and oxygen atoms in total. The lowest BCUT2D eigenvalue weighted by atomic mass is 10.0. The van der Waals surface area contributed by atoms with Crippen LogP contribution in [0.4, 0.5) is 9.18 Å². The number of hydrogen-bond donors (Lipinski definition) is 2. The minimum absolute atomic E-state index is 0.0505. The van der Waals surface area contributed by atoms with Crippen LogP contribution in [0.1, 0.15) is 38.2 Å². The molecule has 1 fully saturated rings. The third-order valence-corrected chi connectivity index (χ3v) is 4.06. The van der Waals surface area contributed by atoms with Crippen molar-refractivity contribution in [1.82, 2.24) is 15.5 Å². The molecule has 2 amide bonds. The average Bonchev–Trinajstić information content (AvgIpc) is 2.52. The molecular formula is C17H26FN3O. The third-order valence-electron chi connectivity index (χ3n) is 4.06. The molecule has 0 aromatic heterocycles. The van der Waals surface area contributed by atoms with Gasteiger partial charge in [-0.05, 0) is 37.0 Å². The molecule has 122 valence electrons. The lowest BCUT2D eigenvalue weighted by molar-refractivity contribution is 0.186. The molecule has 0 unspecified atom stereocenters. The Kier molecular flexibility index (Phi) is 6.65. The van der Waals surface area contributed by atoms with Crippen LogP contribution in [0.3, 0.4) is 0 Å². The van der Waals surface area contributed by atoms with E-state index >= 15 is 0 Å². The van der Waals surface area contributed by atoms with Crippen LogP contribution in [0.2, 0.25) is 0 Å². The highest BCUT2D eigenvalue weighted by molar-refractivity contribution is 5.74. The smallest absolute Gasteiger partial charge is 0.315 e. The van der Waals surface area contributed by atoms with Crippen LogP contribution in [-0.2, 0) is 6.54 Å². The van der Waals surface area contributed by atoms with Gasteiger partial charge in [-0.25, -0.2) is 9.18 Å². The molecule has 1 aliphatic heterocycles. The number of rotatable bonds is 6. The van der Waals surface area contributed by atoms with E-state index in [1.54, 1.807) is 0 Å². The Bertz CT molecular complexity index is 455. The van der Waals surface area contributed by atoms with Crippen LogP contribution in [-0.4, -0.2) is 36.6 Å². The Labute approximate surface area is 132 Å². The monoisotopic (exact) mass is 307 g/mol. The summed E-state index contributed by atoms with van der Waals surface area (Å²) in [5, 5.41) is 5.93. The largest absolute Gasteiger partial charge is 0.338 e. The SMILES string of the molecule is CCCCNC(=O)NC1CCN(Cc2ccc(F)cc2)CC1. The van der Waals surface area contributed by atoms with Gasteiger partial charge < -0.3 is 10.6 Å². The van der Waals surface area contributed by atoms with Gasteiger partial charge >= 0.3 is 6.03 Å². The lowest BCUT2D eigenvalue weighted by Gasteiger charge is -2.32. The maximum absolute atomic E-state index is 12.9. The molecule has 0 atom stereocenters. The molecule has 1 aromatic rings. The van der Waals surface area contributed by atoms with Crippen LogP contribution >= 0.6 is 0 Å². The van der Waals surface area contributed by atoms with E-state index in [0.717, 1.165) is 57.4 Å². The van der Waals surface area contributed by atoms with Crippen molar-refractivity contribution in [2.75, 3.05) is 19.6 Å². The zero-order valence-corrected chi connectivity index (χ0v) is 13.3. The van der Waals surface area contributed by atoms with E-state index < -0.39 is 0 Å². The topological polar surface area (TPSA) is 44.4 Å². The molecule has 0 radical (unpaired) electrons. The third kappa shape index (κ3) is 5.64. The van der Waals surface area contributed by atoms with Crippen molar-refractivity contribution in [3.63, 3.8) is 0 Å². The summed E-state index contributed by atoms with van der Waals surface area (Å²) in [4.78, 5) is 14.1. The molecule has 1 aliphatic rings. The van der Waals surface area contributed by atoms with Crippen molar-refractivity contribution in [2.24, 2.45) is 0 Å². The summed E-state index contributed by atoms with van der Waals surface area (Å²) >= 11 is 0. The number of urea groups is 1. The summed E-state index contributed by atoms with van der Waals surface area (Å²) in [6.07, 6.45) is 4.02. The zero-order chi connectivity index (χ0) is 15.8. The quantitative estimate of drug-likeness (QED) is 0.794. The van der Waals surface area contributed by atoms with Gasteiger partial charge in [-0.15, -0.1) is 0 Å². The molecule has 0 aliphatic carbocycles. The molecule has 2 N–H and O–H groups in total. The maximum atomic E-state index is 12.9.